The SMILES string of the molecule is O=C(O)[C@H](c1c(-c2ccccc2)[nH]c2ccccc12)N1CCN(Cc2cccs2)CC1. The van der Waals surface area contributed by atoms with E-state index in [9.17, 15) is 9.90 Å². The van der Waals surface area contributed by atoms with Crippen molar-refractivity contribution >= 4 is 28.2 Å². The van der Waals surface area contributed by atoms with E-state index in [0.29, 0.717) is 0 Å². The number of hydrogen-bond donors (Lipinski definition) is 2. The summed E-state index contributed by atoms with van der Waals surface area (Å²) in [5, 5.41) is 13.4. The van der Waals surface area contributed by atoms with Crippen LogP contribution >= 0.6 is 11.3 Å². The number of thiophene rings is 1. The van der Waals surface area contributed by atoms with Crippen LogP contribution in [0.2, 0.25) is 0 Å². The van der Waals surface area contributed by atoms with Crippen molar-refractivity contribution in [2.45, 2.75) is 12.6 Å². The summed E-state index contributed by atoms with van der Waals surface area (Å²) in [5.74, 6) is -0.798. The lowest BCUT2D eigenvalue weighted by atomic mass is 9.97. The predicted octanol–water partition coefficient (Wildman–Crippen LogP) is 4.84. The van der Waals surface area contributed by atoms with E-state index in [2.05, 4.69) is 32.3 Å². The van der Waals surface area contributed by atoms with E-state index in [4.69, 9.17) is 0 Å². The zero-order valence-electron chi connectivity index (χ0n) is 17.2. The fourth-order valence-corrected chi connectivity index (χ4v) is 5.29. The average Bonchev–Trinajstić information content (AvgIpc) is 3.44. The van der Waals surface area contributed by atoms with Crippen LogP contribution in [0, 0.1) is 0 Å². The molecule has 6 heteroatoms. The molecule has 1 saturated heterocycles. The van der Waals surface area contributed by atoms with Crippen LogP contribution in [0.4, 0.5) is 0 Å². The van der Waals surface area contributed by atoms with Crippen molar-refractivity contribution in [1.29, 1.82) is 0 Å². The van der Waals surface area contributed by atoms with E-state index in [1.54, 1.807) is 11.3 Å². The highest BCUT2D eigenvalue weighted by Crippen LogP contribution is 2.38. The van der Waals surface area contributed by atoms with Gasteiger partial charge in [0.05, 0.1) is 5.69 Å². The van der Waals surface area contributed by atoms with Gasteiger partial charge in [-0.15, -0.1) is 11.3 Å². The van der Waals surface area contributed by atoms with E-state index in [1.165, 1.54) is 4.88 Å². The number of aliphatic carboxylic acids is 1. The van der Waals surface area contributed by atoms with Crippen molar-refractivity contribution in [2.75, 3.05) is 26.2 Å². The predicted molar refractivity (Wildman–Crippen MR) is 125 cm³/mol. The van der Waals surface area contributed by atoms with Crippen LogP contribution in [0.25, 0.3) is 22.2 Å². The van der Waals surface area contributed by atoms with Gasteiger partial charge < -0.3 is 10.1 Å². The molecule has 1 aliphatic rings. The highest BCUT2D eigenvalue weighted by molar-refractivity contribution is 7.09. The smallest absolute Gasteiger partial charge is 0.325 e. The number of rotatable bonds is 6. The van der Waals surface area contributed by atoms with Crippen molar-refractivity contribution in [3.8, 4) is 11.3 Å². The lowest BCUT2D eigenvalue weighted by Gasteiger charge is -2.37. The fraction of sp³-hybridized carbons (Fsp3) is 0.240. The number of nitrogens with zero attached hydrogens (tertiary/aromatic N) is 2. The largest absolute Gasteiger partial charge is 0.480 e. The zero-order chi connectivity index (χ0) is 21.2. The van der Waals surface area contributed by atoms with Crippen LogP contribution in [0.15, 0.2) is 72.1 Å². The molecular formula is C25H25N3O2S. The Labute approximate surface area is 185 Å². The number of hydrogen-bond acceptors (Lipinski definition) is 4. The fourth-order valence-electron chi connectivity index (χ4n) is 4.54. The van der Waals surface area contributed by atoms with Gasteiger partial charge in [-0.2, -0.15) is 0 Å². The molecule has 1 aliphatic heterocycles. The molecule has 0 aliphatic carbocycles. The zero-order valence-corrected chi connectivity index (χ0v) is 18.0. The third-order valence-electron chi connectivity index (χ3n) is 6.05. The standard InChI is InChI=1S/C25H25N3O2S/c29-25(30)24(28-14-12-27(13-15-28)17-19-9-6-16-31-19)22-20-10-4-5-11-21(20)26-23(22)18-7-2-1-3-8-18/h1-11,16,24,26H,12-15,17H2,(H,29,30)/t24-/m0/s1. The summed E-state index contributed by atoms with van der Waals surface area (Å²) in [7, 11) is 0. The molecule has 2 aromatic carbocycles. The molecule has 1 atom stereocenters. The Hall–Kier alpha value is -2.93. The highest BCUT2D eigenvalue weighted by atomic mass is 32.1. The molecule has 0 unspecified atom stereocenters. The number of carboxylic acids is 1. The number of benzene rings is 2. The van der Waals surface area contributed by atoms with Crippen LogP contribution in [0.3, 0.4) is 0 Å². The van der Waals surface area contributed by atoms with Crippen molar-refractivity contribution in [2.24, 2.45) is 0 Å². The minimum Gasteiger partial charge on any atom is -0.480 e. The van der Waals surface area contributed by atoms with Gasteiger partial charge in [-0.1, -0.05) is 54.6 Å². The first kappa shape index (κ1) is 20.0. The minimum atomic E-state index is -0.798. The van der Waals surface area contributed by atoms with Gasteiger partial charge in [-0.05, 0) is 23.1 Å². The number of fused-ring (bicyclic) bond motifs is 1. The Morgan fingerprint density at radius 3 is 2.42 bits per heavy atom. The van der Waals surface area contributed by atoms with Gasteiger partial charge in [0.25, 0.3) is 0 Å². The number of piperazine rings is 1. The first-order valence-electron chi connectivity index (χ1n) is 10.6. The summed E-state index contributed by atoms with van der Waals surface area (Å²) in [6.45, 7) is 4.13. The Balaban J connectivity index is 1.48. The second kappa shape index (κ2) is 8.67. The number of aromatic nitrogens is 1. The average molecular weight is 432 g/mol. The molecule has 0 saturated carbocycles. The molecule has 5 nitrogen and oxygen atoms in total. The molecule has 1 fully saturated rings. The van der Waals surface area contributed by atoms with Crippen LogP contribution in [0.1, 0.15) is 16.5 Å². The van der Waals surface area contributed by atoms with Crippen LogP contribution < -0.4 is 0 Å². The lowest BCUT2D eigenvalue weighted by molar-refractivity contribution is -0.144. The second-order valence-corrected chi connectivity index (χ2v) is 8.99. The molecule has 2 aromatic heterocycles. The van der Waals surface area contributed by atoms with Crippen molar-refractivity contribution in [1.82, 2.24) is 14.8 Å². The van der Waals surface area contributed by atoms with Crippen molar-refractivity contribution in [3.63, 3.8) is 0 Å². The molecule has 0 spiro atoms. The van der Waals surface area contributed by atoms with Gasteiger partial charge in [0.15, 0.2) is 0 Å². The van der Waals surface area contributed by atoms with E-state index < -0.39 is 12.0 Å². The maximum atomic E-state index is 12.6. The Morgan fingerprint density at radius 1 is 0.968 bits per heavy atom. The maximum Gasteiger partial charge on any atom is 0.325 e. The number of carboxylic acid groups (broad SMARTS) is 1. The molecule has 158 valence electrons. The van der Waals surface area contributed by atoms with Crippen molar-refractivity contribution in [3.05, 3.63) is 82.6 Å². The first-order chi connectivity index (χ1) is 15.2. The van der Waals surface area contributed by atoms with Crippen LogP contribution in [0.5, 0.6) is 0 Å². The van der Waals surface area contributed by atoms with E-state index in [1.807, 2.05) is 54.6 Å². The summed E-state index contributed by atoms with van der Waals surface area (Å²) in [6.07, 6.45) is 0. The van der Waals surface area contributed by atoms with Gasteiger partial charge in [0.2, 0.25) is 0 Å². The third kappa shape index (κ3) is 4.02. The Kier molecular flexibility index (Phi) is 5.59. The third-order valence-corrected chi connectivity index (χ3v) is 6.91. The molecular weight excluding hydrogens is 406 g/mol. The maximum absolute atomic E-state index is 12.6. The summed E-state index contributed by atoms with van der Waals surface area (Å²) >= 11 is 1.77. The highest BCUT2D eigenvalue weighted by Gasteiger charge is 2.34. The molecule has 0 radical (unpaired) electrons. The summed E-state index contributed by atoms with van der Waals surface area (Å²) in [5.41, 5.74) is 3.74. The van der Waals surface area contributed by atoms with Gasteiger partial charge >= 0.3 is 5.97 Å². The Morgan fingerprint density at radius 2 is 1.71 bits per heavy atom. The molecule has 4 aromatic rings. The molecule has 31 heavy (non-hydrogen) atoms. The van der Waals surface area contributed by atoms with Crippen LogP contribution in [-0.2, 0) is 11.3 Å². The second-order valence-electron chi connectivity index (χ2n) is 7.96. The monoisotopic (exact) mass is 431 g/mol. The number of para-hydroxylation sites is 1. The van der Waals surface area contributed by atoms with E-state index in [-0.39, 0.29) is 0 Å². The molecule has 0 bridgehead atoms. The minimum absolute atomic E-state index is 0.685. The molecule has 2 N–H and O–H groups in total. The summed E-state index contributed by atoms with van der Waals surface area (Å²) in [4.78, 5) is 22.0. The number of H-pyrrole nitrogens is 1. The van der Waals surface area contributed by atoms with Gasteiger partial charge in [0, 0.05) is 54.1 Å². The molecule has 5 rings (SSSR count). The summed E-state index contributed by atoms with van der Waals surface area (Å²) < 4.78 is 0. The number of aromatic amines is 1. The van der Waals surface area contributed by atoms with E-state index >= 15 is 0 Å². The van der Waals surface area contributed by atoms with Gasteiger partial charge in [-0.3, -0.25) is 14.6 Å². The quantitative estimate of drug-likeness (QED) is 0.459. The summed E-state index contributed by atoms with van der Waals surface area (Å²) in [6, 6.07) is 21.6. The van der Waals surface area contributed by atoms with Crippen LogP contribution in [-0.4, -0.2) is 52.0 Å². The first-order valence-corrected chi connectivity index (χ1v) is 11.5. The van der Waals surface area contributed by atoms with Gasteiger partial charge in [-0.25, -0.2) is 0 Å². The number of nitrogens with one attached hydrogen (secondary N) is 1. The topological polar surface area (TPSA) is 59.6 Å². The lowest BCUT2D eigenvalue weighted by Crippen LogP contribution is -2.48. The number of carbonyl (C=O) groups is 1. The van der Waals surface area contributed by atoms with Crippen molar-refractivity contribution < 1.29 is 9.90 Å². The normalized spacial score (nSPS) is 16.5. The van der Waals surface area contributed by atoms with Gasteiger partial charge in [0.1, 0.15) is 6.04 Å². The molecule has 0 amide bonds. The Bertz CT molecular complexity index is 1160. The van der Waals surface area contributed by atoms with E-state index in [0.717, 1.165) is 60.4 Å². The molecule has 3 heterocycles.